The number of amides is 2. The molecule has 3 aromatic rings. The lowest BCUT2D eigenvalue weighted by Crippen LogP contribution is -2.27. The van der Waals surface area contributed by atoms with Crippen molar-refractivity contribution in [3.05, 3.63) is 90.9 Å². The molecule has 1 aliphatic rings. The first-order chi connectivity index (χ1) is 16.4. The van der Waals surface area contributed by atoms with Crippen molar-refractivity contribution >= 4 is 68.9 Å². The second kappa shape index (κ2) is 10.8. The number of aryl methyl sites for hydroxylation is 1. The number of hydrogen-bond acceptors (Lipinski definition) is 5. The van der Waals surface area contributed by atoms with Crippen LogP contribution in [0.15, 0.2) is 65.6 Å². The summed E-state index contributed by atoms with van der Waals surface area (Å²) in [7, 11) is 0. The fraction of sp³-hybridized carbons (Fsp3) is 0.154. The van der Waals surface area contributed by atoms with Gasteiger partial charge in [-0.05, 0) is 102 Å². The first-order valence-corrected chi connectivity index (χ1v) is 12.8. The highest BCUT2D eigenvalue weighted by Gasteiger charge is 2.36. The molecule has 1 aliphatic heterocycles. The number of nitrogens with zero attached hydrogens (tertiary/aromatic N) is 1. The molecule has 0 radical (unpaired) electrons. The number of carbonyl (C=O) groups is 2. The van der Waals surface area contributed by atoms with Crippen LogP contribution in [-0.4, -0.2) is 17.8 Å². The summed E-state index contributed by atoms with van der Waals surface area (Å²) in [5.41, 5.74) is 3.49. The van der Waals surface area contributed by atoms with Gasteiger partial charge >= 0.3 is 0 Å². The largest absolute Gasteiger partial charge is 0.490 e. The van der Waals surface area contributed by atoms with E-state index in [1.54, 1.807) is 30.3 Å². The molecule has 0 aliphatic carbocycles. The summed E-state index contributed by atoms with van der Waals surface area (Å²) in [4.78, 5) is 27.0. The highest BCUT2D eigenvalue weighted by atomic mass is 127. The number of thioether (sulfide) groups is 1. The first-order valence-electron chi connectivity index (χ1n) is 10.5. The van der Waals surface area contributed by atoms with Crippen molar-refractivity contribution in [3.63, 3.8) is 0 Å². The van der Waals surface area contributed by atoms with Crippen LogP contribution in [0.2, 0.25) is 5.02 Å². The van der Waals surface area contributed by atoms with Crippen molar-refractivity contribution in [2.45, 2.75) is 20.5 Å². The van der Waals surface area contributed by atoms with Gasteiger partial charge in [0.15, 0.2) is 11.5 Å². The number of halogens is 2. The van der Waals surface area contributed by atoms with Crippen LogP contribution in [-0.2, 0) is 11.4 Å². The molecular formula is C26H21ClINO4S. The molecule has 0 bridgehead atoms. The van der Waals surface area contributed by atoms with Crippen molar-refractivity contribution in [1.29, 1.82) is 0 Å². The summed E-state index contributed by atoms with van der Waals surface area (Å²) < 4.78 is 12.8. The molecule has 1 fully saturated rings. The summed E-state index contributed by atoms with van der Waals surface area (Å²) in [6, 6.07) is 18.5. The molecule has 3 aromatic carbocycles. The van der Waals surface area contributed by atoms with E-state index in [4.69, 9.17) is 21.1 Å². The Hall–Kier alpha value is -2.49. The Morgan fingerprint density at radius 2 is 1.74 bits per heavy atom. The molecular weight excluding hydrogens is 585 g/mol. The van der Waals surface area contributed by atoms with Gasteiger partial charge in [0.05, 0.1) is 20.8 Å². The highest BCUT2D eigenvalue weighted by molar-refractivity contribution is 14.1. The van der Waals surface area contributed by atoms with Crippen LogP contribution in [0.3, 0.4) is 0 Å². The standard InChI is InChI=1S/C26H21ClINO4S/c1-3-32-22-13-18(12-21(28)24(22)33-15-17-6-4-16(2)5-7-17)14-23-25(30)29(26(31)34-23)20-10-8-19(27)9-11-20/h4-14H,3,15H2,1-2H3/b23-14+. The van der Waals surface area contributed by atoms with E-state index in [0.29, 0.717) is 40.3 Å². The number of ether oxygens (including phenoxy) is 2. The molecule has 0 unspecified atom stereocenters. The van der Waals surface area contributed by atoms with E-state index in [1.807, 2.05) is 50.2 Å². The molecule has 0 saturated carbocycles. The van der Waals surface area contributed by atoms with Gasteiger partial charge in [-0.3, -0.25) is 9.59 Å². The predicted molar refractivity (Wildman–Crippen MR) is 146 cm³/mol. The predicted octanol–water partition coefficient (Wildman–Crippen LogP) is 7.47. The van der Waals surface area contributed by atoms with E-state index >= 15 is 0 Å². The van der Waals surface area contributed by atoms with Gasteiger partial charge in [-0.25, -0.2) is 4.90 Å². The SMILES string of the molecule is CCOc1cc(/C=C2/SC(=O)N(c3ccc(Cl)cc3)C2=O)cc(I)c1OCc1ccc(C)cc1. The van der Waals surface area contributed by atoms with E-state index in [1.165, 1.54) is 5.56 Å². The normalized spacial score (nSPS) is 14.7. The zero-order valence-corrected chi connectivity index (χ0v) is 22.2. The Balaban J connectivity index is 1.59. The number of imide groups is 1. The molecule has 174 valence electrons. The maximum Gasteiger partial charge on any atom is 0.298 e. The molecule has 1 saturated heterocycles. The van der Waals surface area contributed by atoms with Gasteiger partial charge in [0.2, 0.25) is 0 Å². The number of anilines is 1. The summed E-state index contributed by atoms with van der Waals surface area (Å²) in [6.45, 7) is 4.83. The van der Waals surface area contributed by atoms with E-state index < -0.39 is 0 Å². The van der Waals surface area contributed by atoms with Crippen LogP contribution >= 0.6 is 46.0 Å². The Morgan fingerprint density at radius 1 is 1.03 bits per heavy atom. The number of benzene rings is 3. The van der Waals surface area contributed by atoms with Gasteiger partial charge in [0.25, 0.3) is 11.1 Å². The minimum Gasteiger partial charge on any atom is -0.490 e. The first kappa shape index (κ1) is 24.6. The van der Waals surface area contributed by atoms with Crippen molar-refractivity contribution in [3.8, 4) is 11.5 Å². The Bertz CT molecular complexity index is 1260. The summed E-state index contributed by atoms with van der Waals surface area (Å²) in [5, 5.41) is 0.185. The van der Waals surface area contributed by atoms with Gasteiger partial charge in [-0.15, -0.1) is 0 Å². The molecule has 0 atom stereocenters. The minimum absolute atomic E-state index is 0.339. The number of hydrogen-bond donors (Lipinski definition) is 0. The molecule has 0 N–H and O–H groups in total. The van der Waals surface area contributed by atoms with Gasteiger partial charge in [0.1, 0.15) is 6.61 Å². The van der Waals surface area contributed by atoms with Crippen molar-refractivity contribution in [2.24, 2.45) is 0 Å². The van der Waals surface area contributed by atoms with Crippen LogP contribution in [0, 0.1) is 10.5 Å². The lowest BCUT2D eigenvalue weighted by Gasteiger charge is -2.15. The molecule has 0 aromatic heterocycles. The van der Waals surface area contributed by atoms with E-state index in [2.05, 4.69) is 22.6 Å². The number of rotatable bonds is 7. The molecule has 1 heterocycles. The van der Waals surface area contributed by atoms with Crippen LogP contribution in [0.25, 0.3) is 6.08 Å². The maximum absolute atomic E-state index is 13.0. The summed E-state index contributed by atoms with van der Waals surface area (Å²) in [5.74, 6) is 0.865. The average molecular weight is 606 g/mol. The van der Waals surface area contributed by atoms with Crippen LogP contribution in [0.4, 0.5) is 10.5 Å². The second-order valence-electron chi connectivity index (χ2n) is 7.53. The average Bonchev–Trinajstić information content (AvgIpc) is 3.08. The number of carbonyl (C=O) groups excluding carboxylic acids is 2. The quantitative estimate of drug-likeness (QED) is 0.207. The smallest absolute Gasteiger partial charge is 0.298 e. The monoisotopic (exact) mass is 605 g/mol. The lowest BCUT2D eigenvalue weighted by molar-refractivity contribution is -0.113. The second-order valence-corrected chi connectivity index (χ2v) is 10.1. The van der Waals surface area contributed by atoms with Gasteiger partial charge < -0.3 is 9.47 Å². The molecule has 4 rings (SSSR count). The van der Waals surface area contributed by atoms with E-state index in [-0.39, 0.29) is 11.1 Å². The molecule has 0 spiro atoms. The molecule has 5 nitrogen and oxygen atoms in total. The highest BCUT2D eigenvalue weighted by Crippen LogP contribution is 2.39. The fourth-order valence-electron chi connectivity index (χ4n) is 3.35. The third-order valence-electron chi connectivity index (χ3n) is 5.01. The zero-order valence-electron chi connectivity index (χ0n) is 18.5. The molecule has 2 amide bonds. The fourth-order valence-corrected chi connectivity index (χ4v) is 5.09. The Kier molecular flexibility index (Phi) is 7.85. The summed E-state index contributed by atoms with van der Waals surface area (Å²) >= 11 is 9.03. The Morgan fingerprint density at radius 3 is 2.41 bits per heavy atom. The zero-order chi connectivity index (χ0) is 24.2. The van der Waals surface area contributed by atoms with Crippen molar-refractivity contribution < 1.29 is 19.1 Å². The third-order valence-corrected chi connectivity index (χ3v) is 6.93. The molecule has 8 heteroatoms. The topological polar surface area (TPSA) is 55.8 Å². The van der Waals surface area contributed by atoms with Gasteiger partial charge in [-0.2, -0.15) is 0 Å². The van der Waals surface area contributed by atoms with Gasteiger partial charge in [-0.1, -0.05) is 41.4 Å². The van der Waals surface area contributed by atoms with E-state index in [0.717, 1.165) is 31.4 Å². The van der Waals surface area contributed by atoms with Crippen LogP contribution in [0.1, 0.15) is 23.6 Å². The van der Waals surface area contributed by atoms with Gasteiger partial charge in [0, 0.05) is 5.02 Å². The summed E-state index contributed by atoms with van der Waals surface area (Å²) in [6.07, 6.45) is 1.70. The van der Waals surface area contributed by atoms with Crippen molar-refractivity contribution in [1.82, 2.24) is 0 Å². The van der Waals surface area contributed by atoms with E-state index in [9.17, 15) is 9.59 Å². The maximum atomic E-state index is 13.0. The minimum atomic E-state index is -0.370. The Labute approximate surface area is 221 Å². The van der Waals surface area contributed by atoms with Crippen LogP contribution in [0.5, 0.6) is 11.5 Å². The lowest BCUT2D eigenvalue weighted by atomic mass is 10.1. The third kappa shape index (κ3) is 5.59. The van der Waals surface area contributed by atoms with Crippen LogP contribution < -0.4 is 14.4 Å². The molecule has 34 heavy (non-hydrogen) atoms. The van der Waals surface area contributed by atoms with Crippen molar-refractivity contribution in [2.75, 3.05) is 11.5 Å².